The Kier molecular flexibility index (Phi) is 7.33. The lowest BCUT2D eigenvalue weighted by atomic mass is 10.1. The molecule has 0 fully saturated rings. The van der Waals surface area contributed by atoms with Gasteiger partial charge in [-0.1, -0.05) is 103 Å². The Hall–Kier alpha value is -6.09. The van der Waals surface area contributed by atoms with E-state index in [0.29, 0.717) is 52.4 Å². The van der Waals surface area contributed by atoms with Gasteiger partial charge in [0.15, 0.2) is 34.9 Å². The zero-order valence-electron chi connectivity index (χ0n) is 24.9. The van der Waals surface area contributed by atoms with Gasteiger partial charge in [0.2, 0.25) is 0 Å². The quantitative estimate of drug-likeness (QED) is 0.200. The van der Waals surface area contributed by atoms with E-state index < -0.39 is 0 Å². The summed E-state index contributed by atoms with van der Waals surface area (Å²) in [5.41, 5.74) is 5.24. The van der Waals surface area contributed by atoms with Crippen LogP contribution in [-0.4, -0.2) is 44.9 Å². The summed E-state index contributed by atoms with van der Waals surface area (Å²) >= 11 is 0. The van der Waals surface area contributed by atoms with Crippen LogP contribution in [0.5, 0.6) is 0 Å². The summed E-state index contributed by atoms with van der Waals surface area (Å²) in [6, 6.07) is 35.6. The number of hydrogen-bond acceptors (Lipinski definition) is 9. The van der Waals surface area contributed by atoms with Gasteiger partial charge in [-0.05, 0) is 26.8 Å². The first-order valence-corrected chi connectivity index (χ1v) is 14.5. The first kappa shape index (κ1) is 27.7. The molecule has 0 radical (unpaired) electrons. The lowest BCUT2D eigenvalue weighted by Gasteiger charge is -2.10. The molecule has 0 atom stereocenters. The van der Waals surface area contributed by atoms with Gasteiger partial charge in [-0.25, -0.2) is 44.9 Å². The molecule has 7 aromatic rings. The third kappa shape index (κ3) is 6.05. The Labute approximate surface area is 260 Å². The van der Waals surface area contributed by atoms with Crippen molar-refractivity contribution in [1.82, 2.24) is 44.9 Å². The van der Waals surface area contributed by atoms with Crippen LogP contribution in [0.3, 0.4) is 0 Å². The maximum Gasteiger partial charge on any atom is 0.164 e. The van der Waals surface area contributed by atoms with Gasteiger partial charge in [-0.3, -0.25) is 0 Å². The molecule has 7 rings (SSSR count). The van der Waals surface area contributed by atoms with Crippen LogP contribution >= 0.6 is 0 Å². The molecule has 0 aliphatic heterocycles. The Morgan fingerprint density at radius 1 is 0.267 bits per heavy atom. The maximum atomic E-state index is 4.92. The van der Waals surface area contributed by atoms with Crippen LogP contribution in [0.25, 0.3) is 68.3 Å². The molecule has 0 bridgehead atoms. The van der Waals surface area contributed by atoms with Gasteiger partial charge >= 0.3 is 0 Å². The molecular weight excluding hydrogens is 558 g/mol. The fourth-order valence-electron chi connectivity index (χ4n) is 4.99. The maximum absolute atomic E-state index is 4.92. The van der Waals surface area contributed by atoms with Crippen LogP contribution in [0.1, 0.15) is 17.5 Å². The van der Waals surface area contributed by atoms with Gasteiger partial charge in [-0.15, -0.1) is 0 Å². The molecule has 9 nitrogen and oxygen atoms in total. The predicted octanol–water partition coefficient (Wildman–Crippen LogP) is 7.17. The van der Waals surface area contributed by atoms with Crippen molar-refractivity contribution >= 4 is 0 Å². The second kappa shape index (κ2) is 11.9. The van der Waals surface area contributed by atoms with Crippen molar-refractivity contribution in [1.29, 1.82) is 0 Å². The van der Waals surface area contributed by atoms with Gasteiger partial charge in [0, 0.05) is 33.4 Å². The minimum Gasteiger partial charge on any atom is -0.219 e. The van der Waals surface area contributed by atoms with Crippen molar-refractivity contribution in [3.8, 4) is 68.3 Å². The molecule has 0 amide bonds. The highest BCUT2D eigenvalue weighted by atomic mass is 15.0. The number of aryl methyl sites for hydroxylation is 3. The van der Waals surface area contributed by atoms with E-state index in [0.717, 1.165) is 33.4 Å². The fraction of sp³-hybridized carbons (Fsp3) is 0.0833. The minimum absolute atomic E-state index is 0.549. The standard InChI is InChI=1S/C36H27N9/c1-22-37-23(2)39-35(38-22)29-15-10-16-30(21-29)36-44-33(26-13-8-5-9-14-26)43-34(45-36)28-19-17-27(18-20-28)32-41-24(3)40-31(42-32)25-11-6-4-7-12-25/h4-21H,1-3H3. The summed E-state index contributed by atoms with van der Waals surface area (Å²) in [5.74, 6) is 5.54. The molecule has 45 heavy (non-hydrogen) atoms. The number of rotatable bonds is 6. The van der Waals surface area contributed by atoms with Crippen LogP contribution in [0.4, 0.5) is 0 Å². The fourth-order valence-corrected chi connectivity index (χ4v) is 4.99. The Morgan fingerprint density at radius 2 is 0.556 bits per heavy atom. The third-order valence-corrected chi connectivity index (χ3v) is 7.09. The van der Waals surface area contributed by atoms with E-state index in [9.17, 15) is 0 Å². The minimum atomic E-state index is 0.549. The van der Waals surface area contributed by atoms with E-state index in [4.69, 9.17) is 19.9 Å². The summed E-state index contributed by atoms with van der Waals surface area (Å²) in [4.78, 5) is 42.0. The Bertz CT molecular complexity index is 2110. The van der Waals surface area contributed by atoms with Crippen molar-refractivity contribution in [2.75, 3.05) is 0 Å². The predicted molar refractivity (Wildman–Crippen MR) is 173 cm³/mol. The summed E-state index contributed by atoms with van der Waals surface area (Å²) < 4.78 is 0. The molecule has 0 saturated carbocycles. The lowest BCUT2D eigenvalue weighted by molar-refractivity contribution is 0.928. The Balaban J connectivity index is 1.29. The van der Waals surface area contributed by atoms with Crippen molar-refractivity contribution in [3.05, 3.63) is 127 Å². The molecular formula is C36H27N9. The van der Waals surface area contributed by atoms with Gasteiger partial charge < -0.3 is 0 Å². The van der Waals surface area contributed by atoms with Gasteiger partial charge in [-0.2, -0.15) is 0 Å². The van der Waals surface area contributed by atoms with E-state index >= 15 is 0 Å². The molecule has 0 N–H and O–H groups in total. The SMILES string of the molecule is Cc1nc(C)nc(-c2cccc(-c3nc(-c4ccccc4)nc(-c4ccc(-c5nc(C)nc(-c6ccccc6)n5)cc4)n3)c2)n1. The van der Waals surface area contributed by atoms with E-state index in [1.165, 1.54) is 0 Å². The first-order valence-electron chi connectivity index (χ1n) is 14.5. The molecule has 0 spiro atoms. The lowest BCUT2D eigenvalue weighted by Crippen LogP contribution is -2.01. The van der Waals surface area contributed by atoms with E-state index in [1.807, 2.05) is 130 Å². The van der Waals surface area contributed by atoms with E-state index in [1.54, 1.807) is 0 Å². The normalized spacial score (nSPS) is 11.0. The van der Waals surface area contributed by atoms with Crippen molar-refractivity contribution in [2.45, 2.75) is 20.8 Å². The summed E-state index contributed by atoms with van der Waals surface area (Å²) in [6.07, 6.45) is 0. The van der Waals surface area contributed by atoms with E-state index in [-0.39, 0.29) is 0 Å². The zero-order chi connectivity index (χ0) is 30.8. The Morgan fingerprint density at radius 3 is 0.978 bits per heavy atom. The van der Waals surface area contributed by atoms with Crippen LogP contribution < -0.4 is 0 Å². The molecule has 4 aromatic carbocycles. The second-order valence-corrected chi connectivity index (χ2v) is 10.5. The summed E-state index contributed by atoms with van der Waals surface area (Å²) in [7, 11) is 0. The average molecular weight is 586 g/mol. The zero-order valence-corrected chi connectivity index (χ0v) is 24.9. The molecule has 0 saturated heterocycles. The smallest absolute Gasteiger partial charge is 0.164 e. The molecule has 9 heteroatoms. The van der Waals surface area contributed by atoms with Crippen LogP contribution in [0, 0.1) is 20.8 Å². The number of benzene rings is 4. The monoisotopic (exact) mass is 585 g/mol. The summed E-state index contributed by atoms with van der Waals surface area (Å²) in [5, 5.41) is 0. The molecule has 0 aliphatic carbocycles. The molecule has 216 valence electrons. The molecule has 0 aliphatic rings. The van der Waals surface area contributed by atoms with Gasteiger partial charge in [0.05, 0.1) is 0 Å². The van der Waals surface area contributed by atoms with Gasteiger partial charge in [0.1, 0.15) is 17.5 Å². The van der Waals surface area contributed by atoms with Gasteiger partial charge in [0.25, 0.3) is 0 Å². The van der Waals surface area contributed by atoms with Crippen LogP contribution in [0.15, 0.2) is 109 Å². The van der Waals surface area contributed by atoms with Crippen molar-refractivity contribution < 1.29 is 0 Å². The average Bonchev–Trinajstić information content (AvgIpc) is 3.08. The largest absolute Gasteiger partial charge is 0.219 e. The second-order valence-electron chi connectivity index (χ2n) is 10.5. The summed E-state index contributed by atoms with van der Waals surface area (Å²) in [6.45, 7) is 5.60. The highest BCUT2D eigenvalue weighted by molar-refractivity contribution is 5.71. The number of nitrogens with zero attached hydrogens (tertiary/aromatic N) is 9. The number of aromatic nitrogens is 9. The molecule has 0 unspecified atom stereocenters. The molecule has 3 heterocycles. The van der Waals surface area contributed by atoms with Crippen LogP contribution in [0.2, 0.25) is 0 Å². The highest BCUT2D eigenvalue weighted by Gasteiger charge is 2.15. The topological polar surface area (TPSA) is 116 Å². The van der Waals surface area contributed by atoms with Crippen molar-refractivity contribution in [2.24, 2.45) is 0 Å². The van der Waals surface area contributed by atoms with Crippen LogP contribution in [-0.2, 0) is 0 Å². The third-order valence-electron chi connectivity index (χ3n) is 7.09. The first-order chi connectivity index (χ1) is 22.0. The van der Waals surface area contributed by atoms with Crippen molar-refractivity contribution in [3.63, 3.8) is 0 Å². The number of hydrogen-bond donors (Lipinski definition) is 0. The van der Waals surface area contributed by atoms with E-state index in [2.05, 4.69) is 24.9 Å². The molecule has 3 aromatic heterocycles. The highest BCUT2D eigenvalue weighted by Crippen LogP contribution is 2.28.